The fourth-order valence-electron chi connectivity index (χ4n) is 4.58. The van der Waals surface area contributed by atoms with Gasteiger partial charge in [0, 0.05) is 0 Å². The highest BCUT2D eigenvalue weighted by Crippen LogP contribution is 2.23. The lowest BCUT2D eigenvalue weighted by molar-refractivity contribution is 1.47. The lowest BCUT2D eigenvalue weighted by Crippen LogP contribution is -2.74. The van der Waals surface area contributed by atoms with Gasteiger partial charge in [0.15, 0.2) is 8.07 Å². The molecule has 0 heterocycles. The highest BCUT2D eigenvalue weighted by atomic mass is 28.3. The first kappa shape index (κ1) is 16.9. The second-order valence-corrected chi connectivity index (χ2v) is 11.7. The predicted octanol–water partition coefficient (Wildman–Crippen LogP) is 5.04. The van der Waals surface area contributed by atoms with E-state index < -0.39 is 8.07 Å². The lowest BCUT2D eigenvalue weighted by Gasteiger charge is -2.34. The molecule has 0 aliphatic carbocycles. The molecule has 154 valence electrons. The average molecular weight is 430 g/mol. The van der Waals surface area contributed by atoms with E-state index in [2.05, 4.69) is 36.4 Å². The molecule has 0 atom stereocenters. The van der Waals surface area contributed by atoms with E-state index in [4.69, 9.17) is 1.37 Å². The second kappa shape index (κ2) is 8.82. The summed E-state index contributed by atoms with van der Waals surface area (Å²) < 4.78 is 27.9. The molecule has 0 saturated carbocycles. The van der Waals surface area contributed by atoms with Gasteiger partial charge in [-0.25, -0.2) is 0 Å². The number of benzene rings is 5. The van der Waals surface area contributed by atoms with Crippen LogP contribution in [0.1, 0.15) is 9.68 Å². The van der Waals surface area contributed by atoms with Crippen LogP contribution in [0.2, 0.25) is 0 Å². The first-order valence-corrected chi connectivity index (χ1v) is 12.9. The van der Waals surface area contributed by atoms with Crippen LogP contribution < -0.4 is 20.7 Å². The molecule has 5 aromatic rings. The fourth-order valence-corrected chi connectivity index (χ4v) is 9.15. The van der Waals surface area contributed by atoms with Crippen molar-refractivity contribution in [3.63, 3.8) is 0 Å². The van der Waals surface area contributed by atoms with Crippen molar-refractivity contribution in [3.05, 3.63) is 145 Å². The molecule has 0 nitrogen and oxygen atoms in total. The average Bonchev–Trinajstić information content (AvgIpc) is 2.92. The zero-order chi connectivity index (χ0) is 24.4. The predicted molar refractivity (Wildman–Crippen MR) is 140 cm³/mol. The van der Waals surface area contributed by atoms with Crippen LogP contribution in [-0.2, 0) is 0 Å². The van der Waals surface area contributed by atoms with Crippen LogP contribution in [0.5, 0.6) is 0 Å². The van der Waals surface area contributed by atoms with Gasteiger partial charge in [0.25, 0.3) is 0 Å². The van der Waals surface area contributed by atoms with E-state index in [1.807, 2.05) is 91.9 Å². The summed E-state index contributed by atoms with van der Waals surface area (Å²) in [5.74, 6) is 0. The molecule has 0 aliphatic heterocycles. The molecule has 0 N–H and O–H groups in total. The molecule has 0 bridgehead atoms. The van der Waals surface area contributed by atoms with Gasteiger partial charge >= 0.3 is 0 Å². The van der Waals surface area contributed by atoms with Crippen LogP contribution in [0.4, 0.5) is 0 Å². The normalized spacial score (nSPS) is 12.6. The van der Waals surface area contributed by atoms with Gasteiger partial charge in [-0.3, -0.25) is 0 Å². The van der Waals surface area contributed by atoms with Crippen LogP contribution in [0.3, 0.4) is 0 Å². The zero-order valence-corrected chi connectivity index (χ0v) is 19.0. The van der Waals surface area contributed by atoms with Crippen LogP contribution in [0.25, 0.3) is 11.1 Å². The number of hydrogen-bond donors (Lipinski definition) is 0. The van der Waals surface area contributed by atoms with E-state index in [9.17, 15) is 2.74 Å². The summed E-state index contributed by atoms with van der Waals surface area (Å²) in [5, 5.41) is 3.98. The third-order valence-electron chi connectivity index (χ3n) is 6.06. The first-order chi connectivity index (χ1) is 17.1. The Labute approximate surface area is 196 Å². The lowest BCUT2D eigenvalue weighted by atomic mass is 10.0. The van der Waals surface area contributed by atoms with E-state index in [-0.39, 0.29) is 12.1 Å². The maximum Gasteiger partial charge on any atom is 0.179 e. The summed E-state index contributed by atoms with van der Waals surface area (Å²) in [7, 11) is -3.07. The molecule has 0 saturated heterocycles. The van der Waals surface area contributed by atoms with Gasteiger partial charge in [-0.2, -0.15) is 0 Å². The Kier molecular flexibility index (Phi) is 4.67. The topological polar surface area (TPSA) is 0 Å². The van der Waals surface area contributed by atoms with Crippen molar-refractivity contribution in [2.24, 2.45) is 0 Å². The first-order valence-electron chi connectivity index (χ1n) is 12.4. The minimum absolute atomic E-state index is 0.141. The van der Waals surface area contributed by atoms with Gasteiger partial charge in [0.05, 0.1) is 4.11 Å². The Morgan fingerprint density at radius 3 is 1.34 bits per heavy atom. The van der Waals surface area contributed by atoms with Crippen molar-refractivity contribution in [3.8, 4) is 11.1 Å². The highest BCUT2D eigenvalue weighted by molar-refractivity contribution is 7.19. The van der Waals surface area contributed by atoms with Crippen molar-refractivity contribution in [2.45, 2.75) is 6.92 Å². The highest BCUT2D eigenvalue weighted by Gasteiger charge is 2.41. The second-order valence-electron chi connectivity index (χ2n) is 7.96. The molecule has 0 unspecified atom stereocenters. The van der Waals surface area contributed by atoms with Crippen molar-refractivity contribution in [1.29, 1.82) is 0 Å². The molecule has 5 rings (SSSR count). The van der Waals surface area contributed by atoms with Crippen LogP contribution >= 0.6 is 0 Å². The Balaban J connectivity index is 1.97. The Morgan fingerprint density at radius 2 is 0.906 bits per heavy atom. The third kappa shape index (κ3) is 3.51. The summed E-state index contributed by atoms with van der Waals surface area (Å²) in [5.41, 5.74) is 2.28. The van der Waals surface area contributed by atoms with E-state index in [1.54, 1.807) is 0 Å². The maximum absolute atomic E-state index is 9.46. The van der Waals surface area contributed by atoms with Crippen LogP contribution in [-0.4, -0.2) is 8.07 Å². The Morgan fingerprint density at radius 1 is 0.500 bits per heavy atom. The molecule has 0 aromatic heterocycles. The van der Waals surface area contributed by atoms with Gasteiger partial charge in [-0.1, -0.05) is 139 Å². The molecule has 0 amide bonds. The maximum atomic E-state index is 9.46. The van der Waals surface area contributed by atoms with E-state index in [0.29, 0.717) is 16.8 Å². The molecule has 0 aliphatic rings. The third-order valence-corrected chi connectivity index (χ3v) is 10.7. The summed E-state index contributed by atoms with van der Waals surface area (Å²) in [4.78, 5) is 0. The smallest absolute Gasteiger partial charge is 0.0623 e. The SMILES string of the molecule is [2H]c1c([2H])c([Si](c2ccccc2)(c2ccccc2)c2ccccc2)c([2H])c(C)c1-c1ccccc1. The summed E-state index contributed by atoms with van der Waals surface area (Å²) in [6.45, 7) is 1.92. The number of hydrogen-bond acceptors (Lipinski definition) is 0. The molecule has 0 radical (unpaired) electrons. The molecule has 1 heteroatoms. The Hall–Kier alpha value is -3.68. The Bertz CT molecular complexity index is 1330. The molecule has 5 aromatic carbocycles. The molecule has 32 heavy (non-hydrogen) atoms. The summed E-state index contributed by atoms with van der Waals surface area (Å²) >= 11 is 0. The van der Waals surface area contributed by atoms with Gasteiger partial charge in [0.2, 0.25) is 0 Å². The molecule has 0 spiro atoms. The van der Waals surface area contributed by atoms with Gasteiger partial charge < -0.3 is 0 Å². The van der Waals surface area contributed by atoms with Crippen molar-refractivity contribution < 1.29 is 4.11 Å². The van der Waals surface area contributed by atoms with Crippen molar-refractivity contribution in [2.75, 3.05) is 0 Å². The zero-order valence-electron chi connectivity index (χ0n) is 21.0. The standard InChI is InChI=1S/C31H26Si/c1-25-24-30(22-23-31(25)26-14-6-2-7-15-26)32(27-16-8-3-9-17-27,28-18-10-4-11-19-28)29-20-12-5-13-21-29/h2-24H,1H3/i22D,23D,24D. The quantitative estimate of drug-likeness (QED) is 0.271. The molecule has 0 fully saturated rings. The minimum Gasteiger partial charge on any atom is -0.0623 e. The van der Waals surface area contributed by atoms with E-state index >= 15 is 0 Å². The van der Waals surface area contributed by atoms with Crippen LogP contribution in [0, 0.1) is 6.92 Å². The molecular formula is C31H26Si. The monoisotopic (exact) mass is 429 g/mol. The van der Waals surface area contributed by atoms with Gasteiger partial charge in [0.1, 0.15) is 0 Å². The van der Waals surface area contributed by atoms with Crippen molar-refractivity contribution in [1.82, 2.24) is 0 Å². The summed E-state index contributed by atoms with van der Waals surface area (Å²) in [6.07, 6.45) is 0. The minimum atomic E-state index is -3.07. The molecular weight excluding hydrogens is 400 g/mol. The largest absolute Gasteiger partial charge is 0.179 e. The number of rotatable bonds is 5. The van der Waals surface area contributed by atoms with Gasteiger partial charge in [-0.15, -0.1) is 0 Å². The van der Waals surface area contributed by atoms with E-state index in [1.165, 1.54) is 0 Å². The van der Waals surface area contributed by atoms with E-state index in [0.717, 1.165) is 26.7 Å². The van der Waals surface area contributed by atoms with Gasteiger partial charge in [-0.05, 0) is 44.4 Å². The fraction of sp³-hybridized carbons (Fsp3) is 0.0323. The van der Waals surface area contributed by atoms with Crippen molar-refractivity contribution >= 4 is 28.8 Å². The van der Waals surface area contributed by atoms with Crippen LogP contribution in [0.15, 0.2) is 139 Å². The summed E-state index contributed by atoms with van der Waals surface area (Å²) in [6, 6.07) is 41.3.